The Morgan fingerprint density at radius 2 is 1.89 bits per heavy atom. The number of hydrogen-bond acceptors (Lipinski definition) is 4. The maximum atomic E-state index is 12.3. The number of likely N-dealkylation sites (N-methyl/N-ethyl adjacent to an activating group) is 1. The Balaban J connectivity index is 3.29. The Labute approximate surface area is 108 Å². The fourth-order valence-corrected chi connectivity index (χ4v) is 3.14. The average molecular weight is 273 g/mol. The zero-order valence-electron chi connectivity index (χ0n) is 11.1. The second kappa shape index (κ2) is 5.69. The molecule has 0 unspecified atom stereocenters. The number of aliphatic hydroxyl groups is 1. The van der Waals surface area contributed by atoms with Crippen molar-refractivity contribution >= 4 is 10.0 Å². The zero-order valence-corrected chi connectivity index (χ0v) is 11.9. The lowest BCUT2D eigenvalue weighted by atomic mass is 10.1. The molecule has 1 N–H and O–H groups in total. The van der Waals surface area contributed by atoms with Crippen LogP contribution in [0, 0.1) is 13.8 Å². The van der Waals surface area contributed by atoms with Crippen LogP contribution < -0.4 is 4.74 Å². The molecule has 0 aromatic heterocycles. The van der Waals surface area contributed by atoms with Gasteiger partial charge in [0.1, 0.15) is 5.75 Å². The molecule has 102 valence electrons. The molecule has 1 aromatic carbocycles. The van der Waals surface area contributed by atoms with E-state index < -0.39 is 10.0 Å². The van der Waals surface area contributed by atoms with E-state index in [2.05, 4.69) is 0 Å². The normalized spacial score (nSPS) is 11.9. The van der Waals surface area contributed by atoms with E-state index in [1.165, 1.54) is 7.05 Å². The molecule has 1 rings (SSSR count). The standard InChI is InChI=1S/C12H19NO4S/c1-9-8-12(10(2)7-11(9)17-4)18(15,16)13(3)5-6-14/h7-8,14H,5-6H2,1-4H3. The average Bonchev–Trinajstić information content (AvgIpc) is 2.31. The van der Waals surface area contributed by atoms with Crippen LogP contribution in [0.3, 0.4) is 0 Å². The monoisotopic (exact) mass is 273 g/mol. The lowest BCUT2D eigenvalue weighted by Gasteiger charge is -2.18. The molecule has 1 aromatic rings. The minimum atomic E-state index is -3.56. The first-order valence-electron chi connectivity index (χ1n) is 5.57. The van der Waals surface area contributed by atoms with Crippen LogP contribution in [0.1, 0.15) is 11.1 Å². The summed E-state index contributed by atoms with van der Waals surface area (Å²) in [7, 11) is -0.563. The van der Waals surface area contributed by atoms with Gasteiger partial charge in [-0.05, 0) is 37.1 Å². The zero-order chi connectivity index (χ0) is 13.9. The molecule has 0 atom stereocenters. The van der Waals surface area contributed by atoms with Gasteiger partial charge in [0.2, 0.25) is 10.0 Å². The first-order chi connectivity index (χ1) is 8.34. The molecule has 18 heavy (non-hydrogen) atoms. The molecule has 0 saturated carbocycles. The third-order valence-electron chi connectivity index (χ3n) is 2.80. The van der Waals surface area contributed by atoms with E-state index in [1.54, 1.807) is 33.1 Å². The Morgan fingerprint density at radius 1 is 1.28 bits per heavy atom. The van der Waals surface area contributed by atoms with Gasteiger partial charge in [-0.25, -0.2) is 8.42 Å². The van der Waals surface area contributed by atoms with Crippen LogP contribution in [0.25, 0.3) is 0 Å². The smallest absolute Gasteiger partial charge is 0.243 e. The first kappa shape index (κ1) is 14.9. The highest BCUT2D eigenvalue weighted by molar-refractivity contribution is 7.89. The van der Waals surface area contributed by atoms with Crippen LogP contribution in [0.5, 0.6) is 5.75 Å². The van der Waals surface area contributed by atoms with Gasteiger partial charge in [-0.3, -0.25) is 0 Å². The molecule has 0 fully saturated rings. The summed E-state index contributed by atoms with van der Waals surface area (Å²) in [4.78, 5) is 0.247. The predicted molar refractivity (Wildman–Crippen MR) is 69.4 cm³/mol. The van der Waals surface area contributed by atoms with E-state index in [-0.39, 0.29) is 18.0 Å². The largest absolute Gasteiger partial charge is 0.496 e. The molecule has 0 aliphatic heterocycles. The third-order valence-corrected chi connectivity index (χ3v) is 4.79. The van der Waals surface area contributed by atoms with Gasteiger partial charge in [0.15, 0.2) is 0 Å². The van der Waals surface area contributed by atoms with Crippen molar-refractivity contribution in [1.82, 2.24) is 4.31 Å². The van der Waals surface area contributed by atoms with E-state index in [4.69, 9.17) is 9.84 Å². The van der Waals surface area contributed by atoms with Crippen LogP contribution in [-0.4, -0.2) is 45.1 Å². The predicted octanol–water partition coefficient (Wildman–Crippen LogP) is 0.925. The number of ether oxygens (including phenoxy) is 1. The molecule has 0 aliphatic rings. The summed E-state index contributed by atoms with van der Waals surface area (Å²) in [5.41, 5.74) is 1.39. The highest BCUT2D eigenvalue weighted by atomic mass is 32.2. The summed E-state index contributed by atoms with van der Waals surface area (Å²) in [5.74, 6) is 0.663. The molecule has 0 radical (unpaired) electrons. The van der Waals surface area contributed by atoms with Crippen molar-refractivity contribution in [3.63, 3.8) is 0 Å². The number of rotatable bonds is 5. The van der Waals surface area contributed by atoms with Gasteiger partial charge in [0.05, 0.1) is 18.6 Å². The van der Waals surface area contributed by atoms with Gasteiger partial charge in [0.25, 0.3) is 0 Å². The minimum absolute atomic E-state index is 0.0762. The van der Waals surface area contributed by atoms with Crippen LogP contribution in [0.4, 0.5) is 0 Å². The van der Waals surface area contributed by atoms with Crippen LogP contribution >= 0.6 is 0 Å². The van der Waals surface area contributed by atoms with Crippen LogP contribution in [0.15, 0.2) is 17.0 Å². The van der Waals surface area contributed by atoms with Crippen molar-refractivity contribution in [2.45, 2.75) is 18.7 Å². The summed E-state index contributed by atoms with van der Waals surface area (Å²) >= 11 is 0. The van der Waals surface area contributed by atoms with E-state index in [0.717, 1.165) is 9.87 Å². The maximum Gasteiger partial charge on any atom is 0.243 e. The molecule has 0 amide bonds. The number of hydrogen-bond donors (Lipinski definition) is 1. The van der Waals surface area contributed by atoms with Crippen molar-refractivity contribution in [3.8, 4) is 5.75 Å². The lowest BCUT2D eigenvalue weighted by molar-refractivity contribution is 0.266. The molecular weight excluding hydrogens is 254 g/mol. The molecular formula is C12H19NO4S. The fraction of sp³-hybridized carbons (Fsp3) is 0.500. The second-order valence-corrected chi connectivity index (χ2v) is 6.15. The van der Waals surface area contributed by atoms with Gasteiger partial charge in [0, 0.05) is 13.6 Å². The number of benzene rings is 1. The van der Waals surface area contributed by atoms with Gasteiger partial charge in [-0.2, -0.15) is 4.31 Å². The second-order valence-electron chi connectivity index (χ2n) is 4.14. The molecule has 0 aliphatic carbocycles. The SMILES string of the molecule is COc1cc(C)c(S(=O)(=O)N(C)CCO)cc1C. The summed E-state index contributed by atoms with van der Waals surface area (Å²) in [6, 6.07) is 3.30. The van der Waals surface area contributed by atoms with Crippen molar-refractivity contribution < 1.29 is 18.3 Å². The van der Waals surface area contributed by atoms with Crippen molar-refractivity contribution in [1.29, 1.82) is 0 Å². The first-order valence-corrected chi connectivity index (χ1v) is 7.01. The minimum Gasteiger partial charge on any atom is -0.496 e. The molecule has 0 spiro atoms. The van der Waals surface area contributed by atoms with E-state index in [0.29, 0.717) is 11.3 Å². The number of nitrogens with zero attached hydrogens (tertiary/aromatic N) is 1. The summed E-state index contributed by atoms with van der Waals surface area (Å²) < 4.78 is 30.8. The number of aryl methyl sites for hydroxylation is 2. The summed E-state index contributed by atoms with van der Waals surface area (Å²) in [5, 5.41) is 8.83. The molecule has 0 saturated heterocycles. The van der Waals surface area contributed by atoms with Crippen LogP contribution in [-0.2, 0) is 10.0 Å². The summed E-state index contributed by atoms with van der Waals surface area (Å²) in [6.07, 6.45) is 0. The molecule has 5 nitrogen and oxygen atoms in total. The number of aliphatic hydroxyl groups excluding tert-OH is 1. The quantitative estimate of drug-likeness (QED) is 0.866. The molecule has 0 heterocycles. The fourth-order valence-electron chi connectivity index (χ4n) is 1.69. The van der Waals surface area contributed by atoms with Gasteiger partial charge in [-0.1, -0.05) is 0 Å². The van der Waals surface area contributed by atoms with E-state index >= 15 is 0 Å². The highest BCUT2D eigenvalue weighted by Gasteiger charge is 2.23. The third kappa shape index (κ3) is 2.82. The lowest BCUT2D eigenvalue weighted by Crippen LogP contribution is -2.30. The van der Waals surface area contributed by atoms with Crippen LogP contribution in [0.2, 0.25) is 0 Å². The Kier molecular flexibility index (Phi) is 4.72. The highest BCUT2D eigenvalue weighted by Crippen LogP contribution is 2.27. The van der Waals surface area contributed by atoms with Crippen molar-refractivity contribution in [3.05, 3.63) is 23.3 Å². The van der Waals surface area contributed by atoms with E-state index in [9.17, 15) is 8.42 Å². The van der Waals surface area contributed by atoms with Crippen molar-refractivity contribution in [2.24, 2.45) is 0 Å². The Hall–Kier alpha value is -1.11. The maximum absolute atomic E-state index is 12.3. The van der Waals surface area contributed by atoms with Crippen molar-refractivity contribution in [2.75, 3.05) is 27.3 Å². The van der Waals surface area contributed by atoms with E-state index in [1.807, 2.05) is 0 Å². The number of methoxy groups -OCH3 is 1. The van der Waals surface area contributed by atoms with Gasteiger partial charge < -0.3 is 9.84 Å². The summed E-state index contributed by atoms with van der Waals surface area (Å²) in [6.45, 7) is 3.39. The molecule has 6 heteroatoms. The number of sulfonamides is 1. The van der Waals surface area contributed by atoms with Gasteiger partial charge >= 0.3 is 0 Å². The topological polar surface area (TPSA) is 66.8 Å². The molecule has 0 bridgehead atoms. The Bertz CT molecular complexity index is 525. The van der Waals surface area contributed by atoms with Gasteiger partial charge in [-0.15, -0.1) is 0 Å². The Morgan fingerprint density at radius 3 is 2.39 bits per heavy atom.